The molecule has 1 aromatic carbocycles. The molecule has 0 atom stereocenters. The van der Waals surface area contributed by atoms with Gasteiger partial charge in [0.2, 0.25) is 0 Å². The monoisotopic (exact) mass is 283 g/mol. The van der Waals surface area contributed by atoms with Gasteiger partial charge in [0.25, 0.3) is 0 Å². The van der Waals surface area contributed by atoms with Crippen LogP contribution in [0, 0.1) is 5.82 Å². The number of hydrogen-bond donors (Lipinski definition) is 1. The SMILES string of the molecule is I.NC(=S)c1ccccc1F. The highest BCUT2D eigenvalue weighted by Gasteiger charge is 2.00. The van der Waals surface area contributed by atoms with Gasteiger partial charge >= 0.3 is 0 Å². The third-order valence-electron chi connectivity index (χ3n) is 1.14. The van der Waals surface area contributed by atoms with E-state index in [0.717, 1.165) is 0 Å². The van der Waals surface area contributed by atoms with E-state index < -0.39 is 0 Å². The van der Waals surface area contributed by atoms with Crippen LogP contribution in [-0.2, 0) is 0 Å². The Morgan fingerprint density at radius 3 is 2.27 bits per heavy atom. The lowest BCUT2D eigenvalue weighted by molar-refractivity contribution is 0.625. The van der Waals surface area contributed by atoms with Crippen molar-refractivity contribution < 1.29 is 4.39 Å². The maximum Gasteiger partial charge on any atom is 0.133 e. The van der Waals surface area contributed by atoms with Crippen molar-refractivity contribution in [1.29, 1.82) is 0 Å². The quantitative estimate of drug-likeness (QED) is 0.631. The lowest BCUT2D eigenvalue weighted by atomic mass is 10.2. The zero-order valence-electron chi connectivity index (χ0n) is 5.58. The summed E-state index contributed by atoms with van der Waals surface area (Å²) < 4.78 is 12.7. The highest BCUT2D eigenvalue weighted by atomic mass is 127. The number of benzene rings is 1. The van der Waals surface area contributed by atoms with Crippen molar-refractivity contribution in [3.05, 3.63) is 35.6 Å². The molecule has 60 valence electrons. The fraction of sp³-hybridized carbons (Fsp3) is 0. The lowest BCUT2D eigenvalue weighted by Crippen LogP contribution is -2.10. The first-order chi connectivity index (χ1) is 4.72. The second-order valence-corrected chi connectivity index (χ2v) is 2.28. The second kappa shape index (κ2) is 4.61. The van der Waals surface area contributed by atoms with Crippen molar-refractivity contribution >= 4 is 41.2 Å². The van der Waals surface area contributed by atoms with Crippen LogP contribution in [0.5, 0.6) is 0 Å². The summed E-state index contributed by atoms with van der Waals surface area (Å²) in [6, 6.07) is 6.17. The van der Waals surface area contributed by atoms with Gasteiger partial charge in [-0.2, -0.15) is 0 Å². The summed E-state index contributed by atoms with van der Waals surface area (Å²) in [5, 5.41) is 0. The molecule has 0 unspecified atom stereocenters. The van der Waals surface area contributed by atoms with E-state index in [1.54, 1.807) is 18.2 Å². The zero-order chi connectivity index (χ0) is 7.56. The Hall–Kier alpha value is -0.230. The Bertz CT molecular complexity index is 264. The van der Waals surface area contributed by atoms with Gasteiger partial charge in [-0.15, -0.1) is 24.0 Å². The highest BCUT2D eigenvalue weighted by Crippen LogP contribution is 2.04. The molecule has 11 heavy (non-hydrogen) atoms. The normalized spacial score (nSPS) is 8.45. The first kappa shape index (κ1) is 10.8. The molecule has 1 rings (SSSR count). The molecular formula is C7H7FINS. The average molecular weight is 283 g/mol. The molecule has 0 bridgehead atoms. The largest absolute Gasteiger partial charge is 0.389 e. The number of rotatable bonds is 1. The van der Waals surface area contributed by atoms with Crippen LogP contribution in [0.15, 0.2) is 24.3 Å². The first-order valence-electron chi connectivity index (χ1n) is 2.76. The molecule has 0 aromatic heterocycles. The van der Waals surface area contributed by atoms with Crippen molar-refractivity contribution in [2.45, 2.75) is 0 Å². The lowest BCUT2D eigenvalue weighted by Gasteiger charge is -1.96. The highest BCUT2D eigenvalue weighted by molar-refractivity contribution is 14.0. The van der Waals surface area contributed by atoms with Crippen LogP contribution in [0.25, 0.3) is 0 Å². The molecule has 0 aliphatic heterocycles. The van der Waals surface area contributed by atoms with Gasteiger partial charge < -0.3 is 5.73 Å². The van der Waals surface area contributed by atoms with Crippen molar-refractivity contribution in [2.75, 3.05) is 0 Å². The van der Waals surface area contributed by atoms with E-state index in [1.165, 1.54) is 6.07 Å². The second-order valence-electron chi connectivity index (χ2n) is 1.84. The van der Waals surface area contributed by atoms with E-state index in [9.17, 15) is 4.39 Å². The van der Waals surface area contributed by atoms with E-state index >= 15 is 0 Å². The molecule has 1 nitrogen and oxygen atoms in total. The fourth-order valence-corrected chi connectivity index (χ4v) is 0.827. The topological polar surface area (TPSA) is 26.0 Å². The van der Waals surface area contributed by atoms with Crippen molar-refractivity contribution in [1.82, 2.24) is 0 Å². The average Bonchev–Trinajstić information content (AvgIpc) is 1.88. The third kappa shape index (κ3) is 2.70. The first-order valence-corrected chi connectivity index (χ1v) is 3.17. The molecule has 0 spiro atoms. The zero-order valence-corrected chi connectivity index (χ0v) is 8.73. The van der Waals surface area contributed by atoms with Crippen LogP contribution in [0.4, 0.5) is 4.39 Å². The molecule has 0 radical (unpaired) electrons. The molecule has 2 N–H and O–H groups in total. The van der Waals surface area contributed by atoms with Gasteiger partial charge in [0.05, 0.1) is 0 Å². The minimum absolute atomic E-state index is 0. The summed E-state index contributed by atoms with van der Waals surface area (Å²) in [4.78, 5) is 0.0955. The Morgan fingerprint density at radius 1 is 1.36 bits per heavy atom. The standard InChI is InChI=1S/C7H6FNS.HI/c8-6-4-2-1-3-5(6)7(9)10;/h1-4H,(H2,9,10);1H. The molecule has 0 aliphatic carbocycles. The minimum Gasteiger partial charge on any atom is -0.389 e. The molecule has 1 aromatic rings. The molecule has 4 heteroatoms. The molecule has 0 heterocycles. The molecule has 0 saturated carbocycles. The van der Waals surface area contributed by atoms with Crippen molar-refractivity contribution in [3.8, 4) is 0 Å². The van der Waals surface area contributed by atoms with Crippen LogP contribution < -0.4 is 5.73 Å². The molecule has 0 amide bonds. The van der Waals surface area contributed by atoms with Gasteiger partial charge in [0.1, 0.15) is 10.8 Å². The number of nitrogens with two attached hydrogens (primary N) is 1. The van der Waals surface area contributed by atoms with E-state index in [4.69, 9.17) is 5.73 Å². The summed E-state index contributed by atoms with van der Waals surface area (Å²) >= 11 is 4.59. The van der Waals surface area contributed by atoms with Crippen LogP contribution in [0.1, 0.15) is 5.56 Å². The summed E-state index contributed by atoms with van der Waals surface area (Å²) in [6.07, 6.45) is 0. The number of halogens is 2. The predicted molar refractivity (Wildman–Crippen MR) is 57.7 cm³/mol. The van der Waals surface area contributed by atoms with Gasteiger partial charge in [-0.05, 0) is 12.1 Å². The Kier molecular flexibility index (Phi) is 4.51. The van der Waals surface area contributed by atoms with Crippen LogP contribution in [0.2, 0.25) is 0 Å². The number of hydrogen-bond acceptors (Lipinski definition) is 1. The Morgan fingerprint density at radius 2 is 1.91 bits per heavy atom. The van der Waals surface area contributed by atoms with Gasteiger partial charge in [-0.1, -0.05) is 24.4 Å². The van der Waals surface area contributed by atoms with Crippen LogP contribution in [-0.4, -0.2) is 4.99 Å². The van der Waals surface area contributed by atoms with E-state index in [1.807, 2.05) is 0 Å². The smallest absolute Gasteiger partial charge is 0.133 e. The van der Waals surface area contributed by atoms with Gasteiger partial charge in [-0.25, -0.2) is 4.39 Å². The van der Waals surface area contributed by atoms with Gasteiger partial charge in [0.15, 0.2) is 0 Å². The molecule has 0 aliphatic rings. The summed E-state index contributed by atoms with van der Waals surface area (Å²) in [6.45, 7) is 0. The molecule has 0 fully saturated rings. The molecule has 0 saturated heterocycles. The maximum atomic E-state index is 12.7. The predicted octanol–water partition coefficient (Wildman–Crippen LogP) is 2.08. The van der Waals surface area contributed by atoms with Crippen molar-refractivity contribution in [3.63, 3.8) is 0 Å². The maximum absolute atomic E-state index is 12.7. The Balaban J connectivity index is 0.000001000. The van der Waals surface area contributed by atoms with Gasteiger partial charge in [0, 0.05) is 5.56 Å². The van der Waals surface area contributed by atoms with Crippen molar-refractivity contribution in [2.24, 2.45) is 5.73 Å². The summed E-state index contributed by atoms with van der Waals surface area (Å²) in [5.41, 5.74) is 5.51. The van der Waals surface area contributed by atoms with E-state index in [2.05, 4.69) is 12.2 Å². The summed E-state index contributed by atoms with van der Waals surface area (Å²) in [7, 11) is 0. The van der Waals surface area contributed by atoms with E-state index in [-0.39, 0.29) is 34.8 Å². The Labute approximate surface area is 86.8 Å². The third-order valence-corrected chi connectivity index (χ3v) is 1.36. The van der Waals surface area contributed by atoms with Gasteiger partial charge in [-0.3, -0.25) is 0 Å². The number of thiocarbonyl (C=S) groups is 1. The van der Waals surface area contributed by atoms with Crippen LogP contribution >= 0.6 is 36.2 Å². The molecular weight excluding hydrogens is 276 g/mol. The van der Waals surface area contributed by atoms with Crippen LogP contribution in [0.3, 0.4) is 0 Å². The fourth-order valence-electron chi connectivity index (χ4n) is 0.661. The summed E-state index contributed by atoms with van der Waals surface area (Å²) in [5.74, 6) is -0.366. The van der Waals surface area contributed by atoms with E-state index in [0.29, 0.717) is 5.56 Å². The minimum atomic E-state index is -0.366.